The lowest BCUT2D eigenvalue weighted by atomic mass is 10.1. The third kappa shape index (κ3) is 4.93. The third-order valence-electron chi connectivity index (χ3n) is 3.99. The summed E-state index contributed by atoms with van der Waals surface area (Å²) in [5.74, 6) is 0.654. The van der Waals surface area contributed by atoms with Crippen LogP contribution in [0.4, 0.5) is 29.1 Å². The molecule has 0 fully saturated rings. The highest BCUT2D eigenvalue weighted by Crippen LogP contribution is 2.31. The van der Waals surface area contributed by atoms with E-state index in [1.54, 1.807) is 30.9 Å². The molecular weight excluding hydrogens is 412 g/mol. The molecule has 1 unspecified atom stereocenters. The summed E-state index contributed by atoms with van der Waals surface area (Å²) in [6.45, 7) is 1.61. The Kier molecular flexibility index (Phi) is 6.09. The summed E-state index contributed by atoms with van der Waals surface area (Å²) in [5, 5.41) is 7.98. The zero-order valence-corrected chi connectivity index (χ0v) is 16.3. The van der Waals surface area contributed by atoms with Crippen molar-refractivity contribution in [2.24, 2.45) is 0 Å². The van der Waals surface area contributed by atoms with Crippen LogP contribution >= 0.6 is 24.0 Å². The Labute approximate surface area is 169 Å². The summed E-state index contributed by atoms with van der Waals surface area (Å²) in [6, 6.07) is 5.45. The number of hydrogen-bond acceptors (Lipinski definition) is 4. The van der Waals surface area contributed by atoms with E-state index in [-0.39, 0.29) is 10.7 Å². The van der Waals surface area contributed by atoms with E-state index in [0.717, 1.165) is 23.8 Å². The van der Waals surface area contributed by atoms with Gasteiger partial charge in [0, 0.05) is 11.8 Å². The van der Waals surface area contributed by atoms with Gasteiger partial charge in [0.2, 0.25) is 0 Å². The summed E-state index contributed by atoms with van der Waals surface area (Å²) >= 11 is 6.87. The fraction of sp³-hybridized carbons (Fsp3) is 0.222. The maximum absolute atomic E-state index is 14.1. The minimum absolute atomic E-state index is 0.0870. The van der Waals surface area contributed by atoms with Crippen molar-refractivity contribution >= 4 is 40.6 Å². The summed E-state index contributed by atoms with van der Waals surface area (Å²) in [6.07, 6.45) is -1.04. The van der Waals surface area contributed by atoms with Gasteiger partial charge in [0.25, 0.3) is 0 Å². The predicted molar refractivity (Wildman–Crippen MR) is 107 cm³/mol. The number of halogens is 4. The summed E-state index contributed by atoms with van der Waals surface area (Å²) in [4.78, 5) is 6.33. The Balaban J connectivity index is 1.60. The summed E-state index contributed by atoms with van der Waals surface area (Å²) in [7, 11) is 0. The van der Waals surface area contributed by atoms with Crippen molar-refractivity contribution in [1.29, 1.82) is 0 Å². The largest absolute Gasteiger partial charge is 0.416 e. The Morgan fingerprint density at radius 2 is 2.07 bits per heavy atom. The second-order valence-electron chi connectivity index (χ2n) is 6.01. The van der Waals surface area contributed by atoms with Crippen LogP contribution < -0.4 is 15.5 Å². The Hall–Kier alpha value is -2.33. The van der Waals surface area contributed by atoms with Crippen LogP contribution in [0.5, 0.6) is 0 Å². The summed E-state index contributed by atoms with van der Waals surface area (Å²) in [5.41, 5.74) is -0.305. The number of aromatic nitrogens is 1. The minimum Gasteiger partial charge on any atom is -0.356 e. The van der Waals surface area contributed by atoms with Crippen LogP contribution in [0, 0.1) is 5.82 Å². The number of pyridine rings is 1. The van der Waals surface area contributed by atoms with E-state index < -0.39 is 23.6 Å². The van der Waals surface area contributed by atoms with Gasteiger partial charge in [0.05, 0.1) is 29.4 Å². The van der Waals surface area contributed by atoms with Crippen molar-refractivity contribution in [3.8, 4) is 0 Å². The highest BCUT2D eigenvalue weighted by molar-refractivity contribution is 8.02. The molecule has 2 N–H and O–H groups in total. The fourth-order valence-electron chi connectivity index (χ4n) is 2.55. The van der Waals surface area contributed by atoms with Crippen LogP contribution in [0.2, 0.25) is 0 Å². The second kappa shape index (κ2) is 8.36. The number of rotatable bonds is 4. The van der Waals surface area contributed by atoms with Gasteiger partial charge in [-0.3, -0.25) is 0 Å². The van der Waals surface area contributed by atoms with Gasteiger partial charge in [0.15, 0.2) is 5.11 Å². The minimum atomic E-state index is -4.59. The van der Waals surface area contributed by atoms with Gasteiger partial charge in [0.1, 0.15) is 11.6 Å². The average Bonchev–Trinajstić information content (AvgIpc) is 3.16. The van der Waals surface area contributed by atoms with Gasteiger partial charge >= 0.3 is 6.18 Å². The first-order valence-corrected chi connectivity index (χ1v) is 9.65. The molecule has 10 heteroatoms. The maximum atomic E-state index is 14.1. The van der Waals surface area contributed by atoms with Crippen LogP contribution in [0.3, 0.4) is 0 Å². The molecule has 1 aromatic carbocycles. The Morgan fingerprint density at radius 3 is 2.64 bits per heavy atom. The molecule has 0 saturated heterocycles. The molecule has 148 valence electrons. The van der Waals surface area contributed by atoms with Crippen LogP contribution in [-0.2, 0) is 6.18 Å². The molecule has 1 aliphatic rings. The van der Waals surface area contributed by atoms with E-state index in [9.17, 15) is 17.6 Å². The van der Waals surface area contributed by atoms with Crippen molar-refractivity contribution in [2.45, 2.75) is 19.1 Å². The van der Waals surface area contributed by atoms with E-state index >= 15 is 0 Å². The van der Waals surface area contributed by atoms with Gasteiger partial charge in [-0.2, -0.15) is 13.2 Å². The van der Waals surface area contributed by atoms with Crippen molar-refractivity contribution in [3.05, 3.63) is 65.1 Å². The maximum Gasteiger partial charge on any atom is 0.416 e. The molecule has 28 heavy (non-hydrogen) atoms. The fourth-order valence-corrected chi connectivity index (χ4v) is 3.54. The molecule has 1 atom stereocenters. The van der Waals surface area contributed by atoms with E-state index in [2.05, 4.69) is 15.6 Å². The number of alkyl halides is 3. The van der Waals surface area contributed by atoms with E-state index in [1.807, 2.05) is 22.6 Å². The SMILES string of the molecule is CC(NC(=S)Nc1ccc(N2C=CSC2)nc1)c1ccc(C(F)(F)F)cc1F. The van der Waals surface area contributed by atoms with Crippen LogP contribution in [0.1, 0.15) is 24.1 Å². The van der Waals surface area contributed by atoms with Crippen molar-refractivity contribution in [2.75, 3.05) is 16.1 Å². The number of thiocarbonyl (C=S) groups is 1. The second-order valence-corrected chi connectivity index (χ2v) is 7.28. The molecule has 4 nitrogen and oxygen atoms in total. The van der Waals surface area contributed by atoms with Gasteiger partial charge in [-0.1, -0.05) is 6.07 Å². The Bertz CT molecular complexity index is 884. The van der Waals surface area contributed by atoms with Crippen LogP contribution in [0.15, 0.2) is 48.1 Å². The number of nitrogens with zero attached hydrogens (tertiary/aromatic N) is 2. The molecule has 0 bridgehead atoms. The zero-order valence-electron chi connectivity index (χ0n) is 14.6. The summed E-state index contributed by atoms with van der Waals surface area (Å²) < 4.78 is 52.0. The monoisotopic (exact) mass is 428 g/mol. The lowest BCUT2D eigenvalue weighted by Gasteiger charge is -2.19. The molecule has 3 rings (SSSR count). The smallest absolute Gasteiger partial charge is 0.356 e. The van der Waals surface area contributed by atoms with Gasteiger partial charge < -0.3 is 15.5 Å². The standard InChI is InChI=1S/C18H16F4N4S2/c1-11(14-4-2-12(8-15(14)19)18(20,21)22)24-17(27)25-13-3-5-16(23-9-13)26-6-7-28-10-26/h2-9,11H,10H2,1H3,(H2,24,25,27). The van der Waals surface area contributed by atoms with Crippen molar-refractivity contribution in [3.63, 3.8) is 0 Å². The molecule has 0 spiro atoms. The average molecular weight is 428 g/mol. The van der Waals surface area contributed by atoms with Gasteiger partial charge in [-0.15, -0.1) is 11.8 Å². The van der Waals surface area contributed by atoms with Crippen LogP contribution in [-0.4, -0.2) is 16.0 Å². The van der Waals surface area contributed by atoms with Crippen molar-refractivity contribution < 1.29 is 17.6 Å². The van der Waals surface area contributed by atoms with Crippen molar-refractivity contribution in [1.82, 2.24) is 10.3 Å². The predicted octanol–water partition coefficient (Wildman–Crippen LogP) is 5.27. The lowest BCUT2D eigenvalue weighted by molar-refractivity contribution is -0.137. The molecule has 0 radical (unpaired) electrons. The number of anilines is 2. The van der Waals surface area contributed by atoms with Gasteiger partial charge in [-0.05, 0) is 48.8 Å². The number of hydrogen-bond donors (Lipinski definition) is 2. The highest BCUT2D eigenvalue weighted by atomic mass is 32.2. The Morgan fingerprint density at radius 1 is 1.29 bits per heavy atom. The molecule has 1 aliphatic heterocycles. The van der Waals surface area contributed by atoms with Gasteiger partial charge in [-0.25, -0.2) is 9.37 Å². The topological polar surface area (TPSA) is 40.2 Å². The number of thioether (sulfide) groups is 1. The normalized spacial score (nSPS) is 14.8. The molecule has 0 saturated carbocycles. The van der Waals surface area contributed by atoms with E-state index in [1.165, 1.54) is 0 Å². The molecular formula is C18H16F4N4S2. The zero-order chi connectivity index (χ0) is 20.3. The van der Waals surface area contributed by atoms with Crippen LogP contribution in [0.25, 0.3) is 0 Å². The third-order valence-corrected chi connectivity index (χ3v) is 4.95. The van der Waals surface area contributed by atoms with E-state index in [4.69, 9.17) is 12.2 Å². The number of nitrogens with one attached hydrogen (secondary N) is 2. The molecule has 1 aromatic heterocycles. The molecule has 2 heterocycles. The highest BCUT2D eigenvalue weighted by Gasteiger charge is 2.31. The first-order valence-electron chi connectivity index (χ1n) is 8.19. The molecule has 0 aliphatic carbocycles. The lowest BCUT2D eigenvalue weighted by Crippen LogP contribution is -2.31. The molecule has 2 aromatic rings. The number of benzene rings is 1. The first-order chi connectivity index (χ1) is 13.2. The first kappa shape index (κ1) is 20.4. The molecule has 0 amide bonds. The quantitative estimate of drug-likeness (QED) is 0.511. The van der Waals surface area contributed by atoms with E-state index in [0.29, 0.717) is 11.8 Å².